The smallest absolute Gasteiger partial charge is 0.410 e. The molecule has 0 spiro atoms. The summed E-state index contributed by atoms with van der Waals surface area (Å²) in [6, 6.07) is 11.9. The maximum Gasteiger partial charge on any atom is 0.417 e. The highest BCUT2D eigenvalue weighted by Gasteiger charge is 2.14. The topological polar surface area (TPSA) is 38.3 Å². The molecule has 3 heteroatoms. The zero-order valence-electron chi connectivity index (χ0n) is 16.5. The molecule has 0 unspecified atom stereocenters. The van der Waals surface area contributed by atoms with E-state index in [0.29, 0.717) is 5.75 Å². The number of nitrogens with one attached hydrogen (secondary N) is 1. The molecule has 0 saturated heterocycles. The van der Waals surface area contributed by atoms with Gasteiger partial charge in [-0.2, -0.15) is 0 Å². The highest BCUT2D eigenvalue weighted by molar-refractivity contribution is 5.87. The van der Waals surface area contributed by atoms with Crippen molar-refractivity contribution in [3.05, 3.63) is 58.7 Å². The Balaban J connectivity index is 2.18. The Bertz CT molecular complexity index is 737. The number of unbranched alkanes of at least 4 members (excludes halogenated alkanes) is 2. The minimum Gasteiger partial charge on any atom is -0.410 e. The Morgan fingerprint density at radius 3 is 2.38 bits per heavy atom. The van der Waals surface area contributed by atoms with Crippen LogP contribution in [0.5, 0.6) is 5.75 Å². The predicted octanol–water partition coefficient (Wildman–Crippen LogP) is 6.60. The van der Waals surface area contributed by atoms with E-state index in [4.69, 9.17) is 4.74 Å². The van der Waals surface area contributed by atoms with Gasteiger partial charge in [-0.25, -0.2) is 4.79 Å². The fraction of sp³-hybridized carbons (Fsp3) is 0.435. The lowest BCUT2D eigenvalue weighted by Gasteiger charge is -2.16. The zero-order valence-corrected chi connectivity index (χ0v) is 16.5. The summed E-state index contributed by atoms with van der Waals surface area (Å²) in [6.07, 6.45) is 6.08. The molecular formula is C23H31NO2. The lowest BCUT2D eigenvalue weighted by atomic mass is 9.97. The van der Waals surface area contributed by atoms with Crippen LogP contribution in [-0.4, -0.2) is 6.09 Å². The van der Waals surface area contributed by atoms with E-state index >= 15 is 0 Å². The quantitative estimate of drug-likeness (QED) is 0.580. The second kappa shape index (κ2) is 10.0. The maximum absolute atomic E-state index is 12.5. The standard InChI is InChI=1S/C23H31NO2/c1-5-7-12-19-13-10-16-22(20(19)14-8-6-2)26-23(25)24-21-15-9-11-17(3)18(21)4/h9-11,13,15-16H,5-8,12,14H2,1-4H3,(H,24,25). The lowest BCUT2D eigenvalue weighted by molar-refractivity contribution is 0.214. The van der Waals surface area contributed by atoms with E-state index in [1.165, 1.54) is 11.1 Å². The summed E-state index contributed by atoms with van der Waals surface area (Å²) >= 11 is 0. The Morgan fingerprint density at radius 1 is 0.962 bits per heavy atom. The van der Waals surface area contributed by atoms with Crippen LogP contribution in [0.2, 0.25) is 0 Å². The first-order valence-corrected chi connectivity index (χ1v) is 9.72. The summed E-state index contributed by atoms with van der Waals surface area (Å²) in [6.45, 7) is 8.42. The number of rotatable bonds is 8. The van der Waals surface area contributed by atoms with Crippen LogP contribution in [0.15, 0.2) is 36.4 Å². The fourth-order valence-corrected chi connectivity index (χ4v) is 3.07. The van der Waals surface area contributed by atoms with E-state index < -0.39 is 6.09 Å². The molecule has 0 saturated carbocycles. The first-order chi connectivity index (χ1) is 12.6. The highest BCUT2D eigenvalue weighted by Crippen LogP contribution is 2.27. The molecule has 1 N–H and O–H groups in total. The molecule has 0 radical (unpaired) electrons. The van der Waals surface area contributed by atoms with E-state index in [-0.39, 0.29) is 0 Å². The molecule has 26 heavy (non-hydrogen) atoms. The van der Waals surface area contributed by atoms with Crippen LogP contribution in [0.1, 0.15) is 61.8 Å². The van der Waals surface area contributed by atoms with Gasteiger partial charge in [-0.1, -0.05) is 51.0 Å². The number of carbonyl (C=O) groups excluding carboxylic acids is 1. The monoisotopic (exact) mass is 353 g/mol. The molecule has 140 valence electrons. The van der Waals surface area contributed by atoms with Crippen molar-refractivity contribution in [1.82, 2.24) is 0 Å². The van der Waals surface area contributed by atoms with Crippen LogP contribution in [-0.2, 0) is 12.8 Å². The molecule has 0 atom stereocenters. The second-order valence-corrected chi connectivity index (χ2v) is 6.86. The normalized spacial score (nSPS) is 10.6. The van der Waals surface area contributed by atoms with Gasteiger partial charge in [-0.15, -0.1) is 0 Å². The third-order valence-corrected chi connectivity index (χ3v) is 4.85. The Kier molecular flexibility index (Phi) is 7.71. The summed E-state index contributed by atoms with van der Waals surface area (Å²) in [5.41, 5.74) is 5.49. The molecular weight excluding hydrogens is 322 g/mol. The van der Waals surface area contributed by atoms with Crippen LogP contribution in [0.25, 0.3) is 0 Å². The number of ether oxygens (including phenoxy) is 1. The molecule has 0 aromatic heterocycles. The lowest BCUT2D eigenvalue weighted by Crippen LogP contribution is -2.18. The third-order valence-electron chi connectivity index (χ3n) is 4.85. The van der Waals surface area contributed by atoms with Crippen molar-refractivity contribution in [2.24, 2.45) is 0 Å². The van der Waals surface area contributed by atoms with Gasteiger partial charge in [-0.05, 0) is 73.9 Å². The van der Waals surface area contributed by atoms with Crippen molar-refractivity contribution in [2.75, 3.05) is 5.32 Å². The summed E-state index contributed by atoms with van der Waals surface area (Å²) in [5, 5.41) is 2.88. The van der Waals surface area contributed by atoms with Gasteiger partial charge in [0, 0.05) is 5.69 Å². The first-order valence-electron chi connectivity index (χ1n) is 9.72. The van der Waals surface area contributed by atoms with Crippen LogP contribution in [0.4, 0.5) is 10.5 Å². The molecule has 0 aliphatic heterocycles. The predicted molar refractivity (Wildman–Crippen MR) is 109 cm³/mol. The SMILES string of the molecule is CCCCc1cccc(OC(=O)Nc2cccc(C)c2C)c1CCCC. The average molecular weight is 354 g/mol. The van der Waals surface area contributed by atoms with Gasteiger partial charge in [0.2, 0.25) is 0 Å². The molecule has 1 amide bonds. The number of benzene rings is 2. The summed E-state index contributed by atoms with van der Waals surface area (Å²) in [5.74, 6) is 0.690. The van der Waals surface area contributed by atoms with Crippen LogP contribution >= 0.6 is 0 Å². The third kappa shape index (κ3) is 5.35. The van der Waals surface area contributed by atoms with Crippen molar-refractivity contribution in [2.45, 2.75) is 66.2 Å². The molecule has 2 aromatic rings. The van der Waals surface area contributed by atoms with Crippen LogP contribution < -0.4 is 10.1 Å². The average Bonchev–Trinajstić information content (AvgIpc) is 2.63. The van der Waals surface area contributed by atoms with E-state index in [1.54, 1.807) is 0 Å². The number of hydrogen-bond donors (Lipinski definition) is 1. The number of carbonyl (C=O) groups is 1. The van der Waals surface area contributed by atoms with Crippen LogP contribution in [0, 0.1) is 13.8 Å². The maximum atomic E-state index is 12.5. The zero-order chi connectivity index (χ0) is 18.9. The largest absolute Gasteiger partial charge is 0.417 e. The van der Waals surface area contributed by atoms with E-state index in [2.05, 4.69) is 25.2 Å². The summed E-state index contributed by atoms with van der Waals surface area (Å²) in [7, 11) is 0. The van der Waals surface area contributed by atoms with Crippen molar-refractivity contribution in [3.63, 3.8) is 0 Å². The number of hydrogen-bond acceptors (Lipinski definition) is 2. The number of anilines is 1. The minimum absolute atomic E-state index is 0.427. The van der Waals surface area contributed by atoms with E-state index in [9.17, 15) is 4.79 Å². The molecule has 0 aliphatic carbocycles. The van der Waals surface area contributed by atoms with Crippen molar-refractivity contribution >= 4 is 11.8 Å². The summed E-state index contributed by atoms with van der Waals surface area (Å²) < 4.78 is 5.71. The van der Waals surface area contributed by atoms with Crippen molar-refractivity contribution in [3.8, 4) is 5.75 Å². The van der Waals surface area contributed by atoms with Gasteiger partial charge < -0.3 is 4.74 Å². The Morgan fingerprint density at radius 2 is 1.65 bits per heavy atom. The van der Waals surface area contributed by atoms with Gasteiger partial charge in [0.05, 0.1) is 0 Å². The molecule has 0 bridgehead atoms. The van der Waals surface area contributed by atoms with Crippen molar-refractivity contribution < 1.29 is 9.53 Å². The van der Waals surface area contributed by atoms with Gasteiger partial charge in [0.1, 0.15) is 5.75 Å². The Hall–Kier alpha value is -2.29. The number of amides is 1. The minimum atomic E-state index is -0.427. The van der Waals surface area contributed by atoms with Crippen molar-refractivity contribution in [1.29, 1.82) is 0 Å². The molecule has 0 heterocycles. The second-order valence-electron chi connectivity index (χ2n) is 6.86. The van der Waals surface area contributed by atoms with E-state index in [1.807, 2.05) is 44.2 Å². The number of aryl methyl sites for hydroxylation is 2. The Labute approximate surface area is 157 Å². The van der Waals surface area contributed by atoms with Crippen LogP contribution in [0.3, 0.4) is 0 Å². The molecule has 0 fully saturated rings. The molecule has 0 aliphatic rings. The van der Waals surface area contributed by atoms with Gasteiger partial charge >= 0.3 is 6.09 Å². The van der Waals surface area contributed by atoms with Gasteiger partial charge in [0.15, 0.2) is 0 Å². The fourth-order valence-electron chi connectivity index (χ4n) is 3.07. The molecule has 3 nitrogen and oxygen atoms in total. The summed E-state index contributed by atoms with van der Waals surface area (Å²) in [4.78, 5) is 12.5. The molecule has 2 aromatic carbocycles. The highest BCUT2D eigenvalue weighted by atomic mass is 16.6. The molecule has 2 rings (SSSR count). The van der Waals surface area contributed by atoms with E-state index in [0.717, 1.165) is 55.3 Å². The van der Waals surface area contributed by atoms with Gasteiger partial charge in [0.25, 0.3) is 0 Å². The van der Waals surface area contributed by atoms with Gasteiger partial charge in [-0.3, -0.25) is 5.32 Å². The first kappa shape index (κ1) is 20.0.